The van der Waals surface area contributed by atoms with Crippen LogP contribution in [0.3, 0.4) is 0 Å². The monoisotopic (exact) mass is 522 g/mol. The SMILES string of the molecule is Br.CCC(CC)CCn1ccn(CC(=NO)c2cc(C(C)(C)C)c(O)c(C(C)(C)C)c2)c1=N. The van der Waals surface area contributed by atoms with Crippen LogP contribution in [0, 0.1) is 11.3 Å². The highest BCUT2D eigenvalue weighted by Crippen LogP contribution is 2.40. The van der Waals surface area contributed by atoms with Crippen molar-refractivity contribution in [1.82, 2.24) is 9.13 Å². The van der Waals surface area contributed by atoms with Crippen LogP contribution in [0.2, 0.25) is 0 Å². The number of benzene rings is 1. The maximum absolute atomic E-state index is 11.0. The van der Waals surface area contributed by atoms with Crippen molar-refractivity contribution in [3.05, 3.63) is 46.8 Å². The molecule has 0 atom stereocenters. The Labute approximate surface area is 209 Å². The van der Waals surface area contributed by atoms with Gasteiger partial charge >= 0.3 is 0 Å². The molecule has 0 aliphatic carbocycles. The Bertz CT molecular complexity index is 968. The lowest BCUT2D eigenvalue weighted by Gasteiger charge is -2.28. The van der Waals surface area contributed by atoms with Gasteiger partial charge in [0.25, 0.3) is 0 Å². The van der Waals surface area contributed by atoms with E-state index in [4.69, 9.17) is 5.41 Å². The summed E-state index contributed by atoms with van der Waals surface area (Å²) in [6.45, 7) is 17.9. The number of hydrogen-bond acceptors (Lipinski definition) is 4. The minimum absolute atomic E-state index is 0. The molecule has 0 saturated carbocycles. The maximum Gasteiger partial charge on any atom is 0.202 e. The number of halogens is 1. The molecule has 6 nitrogen and oxygen atoms in total. The van der Waals surface area contributed by atoms with Crippen molar-refractivity contribution in [3.63, 3.8) is 0 Å². The van der Waals surface area contributed by atoms with Gasteiger partial charge in [0.1, 0.15) is 11.5 Å². The zero-order chi connectivity index (χ0) is 24.3. The molecular weight excluding hydrogens is 480 g/mol. The Balaban J connectivity index is 0.00000544. The normalized spacial score (nSPS) is 12.8. The Morgan fingerprint density at radius 3 is 1.88 bits per heavy atom. The number of hydrogen-bond donors (Lipinski definition) is 3. The summed E-state index contributed by atoms with van der Waals surface area (Å²) in [5.74, 6) is 0.968. The summed E-state index contributed by atoms with van der Waals surface area (Å²) in [5, 5.41) is 33.0. The van der Waals surface area contributed by atoms with E-state index in [2.05, 4.69) is 60.5 Å². The third kappa shape index (κ3) is 6.98. The number of aromatic hydroxyl groups is 1. The van der Waals surface area contributed by atoms with Gasteiger partial charge in [0.15, 0.2) is 0 Å². The van der Waals surface area contributed by atoms with Crippen LogP contribution in [0.1, 0.15) is 91.3 Å². The number of nitrogens with zero attached hydrogens (tertiary/aromatic N) is 3. The predicted octanol–water partition coefficient (Wildman–Crippen LogP) is 6.35. The van der Waals surface area contributed by atoms with E-state index in [1.807, 2.05) is 29.1 Å². The number of nitrogens with one attached hydrogen (secondary N) is 1. The maximum atomic E-state index is 11.0. The third-order valence-corrected chi connectivity index (χ3v) is 6.40. The lowest BCUT2D eigenvalue weighted by molar-refractivity contribution is 0.317. The molecule has 1 aromatic carbocycles. The molecule has 0 bridgehead atoms. The van der Waals surface area contributed by atoms with E-state index < -0.39 is 0 Å². The van der Waals surface area contributed by atoms with Crippen molar-refractivity contribution >= 4 is 22.7 Å². The molecular formula is C26H43BrN4O2. The first-order valence-corrected chi connectivity index (χ1v) is 11.7. The topological polar surface area (TPSA) is 86.5 Å². The largest absolute Gasteiger partial charge is 0.507 e. The molecule has 0 amide bonds. The van der Waals surface area contributed by atoms with Crippen LogP contribution in [0.5, 0.6) is 5.75 Å². The minimum atomic E-state index is -0.271. The third-order valence-electron chi connectivity index (χ3n) is 6.40. The quantitative estimate of drug-likeness (QED) is 0.214. The van der Waals surface area contributed by atoms with Gasteiger partial charge in [-0.2, -0.15) is 0 Å². The van der Waals surface area contributed by atoms with Crippen LogP contribution < -0.4 is 5.62 Å². The van der Waals surface area contributed by atoms with E-state index in [9.17, 15) is 10.3 Å². The van der Waals surface area contributed by atoms with Crippen molar-refractivity contribution in [2.45, 2.75) is 98.6 Å². The molecule has 0 aliphatic rings. The van der Waals surface area contributed by atoms with Gasteiger partial charge in [-0.15, -0.1) is 17.0 Å². The van der Waals surface area contributed by atoms with E-state index in [0.717, 1.165) is 42.5 Å². The molecule has 33 heavy (non-hydrogen) atoms. The first kappa shape index (κ1) is 29.0. The summed E-state index contributed by atoms with van der Waals surface area (Å²) in [6.07, 6.45) is 7.16. The first-order chi connectivity index (χ1) is 14.8. The Morgan fingerprint density at radius 2 is 1.45 bits per heavy atom. The van der Waals surface area contributed by atoms with Gasteiger partial charge in [-0.1, -0.05) is 73.4 Å². The van der Waals surface area contributed by atoms with Gasteiger partial charge in [-0.3, -0.25) is 5.41 Å². The predicted molar refractivity (Wildman–Crippen MR) is 141 cm³/mol. The van der Waals surface area contributed by atoms with Gasteiger partial charge in [0, 0.05) is 35.6 Å². The van der Waals surface area contributed by atoms with Crippen molar-refractivity contribution in [2.75, 3.05) is 0 Å². The number of phenolic OH excluding ortho intramolecular Hbond substituents is 1. The molecule has 1 heterocycles. The lowest BCUT2D eigenvalue weighted by Crippen LogP contribution is -2.28. The highest BCUT2D eigenvalue weighted by Gasteiger charge is 2.27. The van der Waals surface area contributed by atoms with Crippen molar-refractivity contribution in [1.29, 1.82) is 5.41 Å². The average molecular weight is 524 g/mol. The molecule has 1 aromatic heterocycles. The van der Waals surface area contributed by atoms with E-state index in [1.165, 1.54) is 0 Å². The highest BCUT2D eigenvalue weighted by molar-refractivity contribution is 8.93. The van der Waals surface area contributed by atoms with Gasteiger partial charge in [0.2, 0.25) is 5.62 Å². The molecule has 0 aliphatic heterocycles. The number of imidazole rings is 1. The number of aryl methyl sites for hydroxylation is 1. The summed E-state index contributed by atoms with van der Waals surface area (Å²) >= 11 is 0. The molecule has 0 fully saturated rings. The number of oxime groups is 1. The van der Waals surface area contributed by atoms with E-state index in [-0.39, 0.29) is 34.4 Å². The Hall–Kier alpha value is -2.02. The van der Waals surface area contributed by atoms with Crippen molar-refractivity contribution in [2.24, 2.45) is 11.1 Å². The molecule has 2 rings (SSSR count). The second-order valence-electron chi connectivity index (χ2n) is 10.9. The van der Waals surface area contributed by atoms with Crippen LogP contribution in [-0.2, 0) is 23.9 Å². The molecule has 0 unspecified atom stereocenters. The van der Waals surface area contributed by atoms with E-state index in [1.54, 1.807) is 4.57 Å². The zero-order valence-electron chi connectivity index (χ0n) is 21.6. The highest BCUT2D eigenvalue weighted by atomic mass is 79.9. The van der Waals surface area contributed by atoms with Gasteiger partial charge < -0.3 is 19.4 Å². The second-order valence-corrected chi connectivity index (χ2v) is 10.9. The summed E-state index contributed by atoms with van der Waals surface area (Å²) in [5.41, 5.74) is 2.72. The molecule has 3 N–H and O–H groups in total. The summed E-state index contributed by atoms with van der Waals surface area (Å²) < 4.78 is 3.74. The summed E-state index contributed by atoms with van der Waals surface area (Å²) in [6, 6.07) is 3.82. The zero-order valence-corrected chi connectivity index (χ0v) is 23.3. The number of phenols is 1. The standard InChI is InChI=1S/C26H42N4O2.BrH/c1-9-18(10-2)11-12-29-13-14-30(24(29)27)17-22(28-32)19-15-20(25(3,4)5)23(31)21(16-19)26(6,7)8;/h13-16,18,27,31-32H,9-12,17H2,1-8H3;1H. The van der Waals surface area contributed by atoms with Gasteiger partial charge in [0.05, 0.1) is 6.54 Å². The van der Waals surface area contributed by atoms with Crippen LogP contribution >= 0.6 is 17.0 Å². The smallest absolute Gasteiger partial charge is 0.202 e. The summed E-state index contributed by atoms with van der Waals surface area (Å²) in [4.78, 5) is 0. The molecule has 0 radical (unpaired) electrons. The van der Waals surface area contributed by atoms with Crippen LogP contribution in [0.15, 0.2) is 29.7 Å². The van der Waals surface area contributed by atoms with Gasteiger partial charge in [-0.05, 0) is 35.3 Å². The van der Waals surface area contributed by atoms with Crippen LogP contribution in [-0.4, -0.2) is 25.2 Å². The second kappa shape index (κ2) is 11.4. The Kier molecular flexibility index (Phi) is 10.0. The number of rotatable bonds is 8. The molecule has 0 spiro atoms. The first-order valence-electron chi connectivity index (χ1n) is 11.7. The van der Waals surface area contributed by atoms with Crippen molar-refractivity contribution in [3.8, 4) is 5.75 Å². The van der Waals surface area contributed by atoms with Crippen molar-refractivity contribution < 1.29 is 10.3 Å². The van der Waals surface area contributed by atoms with E-state index in [0.29, 0.717) is 23.0 Å². The van der Waals surface area contributed by atoms with Crippen LogP contribution in [0.4, 0.5) is 0 Å². The fourth-order valence-corrected chi connectivity index (χ4v) is 4.08. The Morgan fingerprint density at radius 1 is 0.970 bits per heavy atom. The minimum Gasteiger partial charge on any atom is -0.507 e. The summed E-state index contributed by atoms with van der Waals surface area (Å²) in [7, 11) is 0. The molecule has 186 valence electrons. The molecule has 0 saturated heterocycles. The number of aromatic nitrogens is 2. The average Bonchev–Trinajstić information content (AvgIpc) is 3.05. The molecule has 2 aromatic rings. The fraction of sp³-hybridized carbons (Fsp3) is 0.615. The van der Waals surface area contributed by atoms with E-state index >= 15 is 0 Å². The molecule has 7 heteroatoms. The van der Waals surface area contributed by atoms with Gasteiger partial charge in [-0.25, -0.2) is 0 Å². The lowest BCUT2D eigenvalue weighted by atomic mass is 9.78. The fourth-order valence-electron chi connectivity index (χ4n) is 4.08. The van der Waals surface area contributed by atoms with Crippen LogP contribution in [0.25, 0.3) is 0 Å².